The maximum Gasteiger partial charge on any atom is 0.351 e. The number of methoxy groups -OCH3 is 1. The van der Waals surface area contributed by atoms with Crippen LogP contribution in [0.4, 0.5) is 5.82 Å². The van der Waals surface area contributed by atoms with Crippen LogP contribution < -0.4 is 15.3 Å². The summed E-state index contributed by atoms with van der Waals surface area (Å²) in [5.41, 5.74) is 0.771. The molecule has 0 radical (unpaired) electrons. The molecule has 0 spiro atoms. The highest BCUT2D eigenvalue weighted by atomic mass is 16.5. The summed E-state index contributed by atoms with van der Waals surface area (Å²) in [5.74, 6) is 2.09. The van der Waals surface area contributed by atoms with Gasteiger partial charge in [-0.1, -0.05) is 12.1 Å². The molecule has 7 heteroatoms. The molecule has 1 aromatic carbocycles. The largest absolute Gasteiger partial charge is 0.497 e. The second-order valence-electron chi connectivity index (χ2n) is 5.94. The zero-order valence-corrected chi connectivity index (χ0v) is 13.6. The molecule has 0 atom stereocenters. The van der Waals surface area contributed by atoms with E-state index in [0.717, 1.165) is 30.2 Å². The molecule has 0 aliphatic carbocycles. The van der Waals surface area contributed by atoms with Gasteiger partial charge in [-0.3, -0.25) is 0 Å². The number of anilines is 1. The van der Waals surface area contributed by atoms with Crippen LogP contribution in [-0.4, -0.2) is 39.4 Å². The van der Waals surface area contributed by atoms with Crippen molar-refractivity contribution in [3.05, 3.63) is 52.6 Å². The van der Waals surface area contributed by atoms with Crippen LogP contribution in [0.3, 0.4) is 0 Å². The lowest BCUT2D eigenvalue weighted by Gasteiger charge is -2.15. The van der Waals surface area contributed by atoms with Crippen molar-refractivity contribution in [1.82, 2.24) is 19.2 Å². The lowest BCUT2D eigenvalue weighted by atomic mass is 10.2. The Balaban J connectivity index is 1.68. The van der Waals surface area contributed by atoms with Gasteiger partial charge < -0.3 is 9.64 Å². The first-order valence-electron chi connectivity index (χ1n) is 8.09. The van der Waals surface area contributed by atoms with Gasteiger partial charge in [0.15, 0.2) is 0 Å². The first-order chi connectivity index (χ1) is 11.7. The van der Waals surface area contributed by atoms with Gasteiger partial charge in [0.05, 0.1) is 13.7 Å². The van der Waals surface area contributed by atoms with Gasteiger partial charge in [-0.15, -0.1) is 5.10 Å². The number of nitrogens with zero attached hydrogens (tertiary/aromatic N) is 5. The Morgan fingerprint density at radius 2 is 2.04 bits per heavy atom. The quantitative estimate of drug-likeness (QED) is 0.728. The molecule has 7 nitrogen and oxygen atoms in total. The summed E-state index contributed by atoms with van der Waals surface area (Å²) in [6.45, 7) is 2.41. The highest BCUT2D eigenvalue weighted by Gasteiger charge is 2.16. The van der Waals surface area contributed by atoms with Gasteiger partial charge in [-0.25, -0.2) is 13.9 Å². The van der Waals surface area contributed by atoms with Crippen LogP contribution in [0.1, 0.15) is 18.4 Å². The molecule has 0 N–H and O–H groups in total. The maximum atomic E-state index is 12.5. The summed E-state index contributed by atoms with van der Waals surface area (Å²) in [6, 6.07) is 9.51. The first kappa shape index (κ1) is 14.7. The van der Waals surface area contributed by atoms with Crippen molar-refractivity contribution in [3.8, 4) is 5.75 Å². The van der Waals surface area contributed by atoms with Gasteiger partial charge in [0.2, 0.25) is 0 Å². The SMILES string of the molecule is COc1cccc(Cn2nc3nc(N4CCCC4)ccn3c2=O)c1. The molecule has 3 aromatic rings. The van der Waals surface area contributed by atoms with Gasteiger partial charge in [0, 0.05) is 19.3 Å². The van der Waals surface area contributed by atoms with Gasteiger partial charge in [0.25, 0.3) is 5.78 Å². The molecule has 24 heavy (non-hydrogen) atoms. The molecule has 2 aromatic heterocycles. The van der Waals surface area contributed by atoms with Crippen LogP contribution in [0.2, 0.25) is 0 Å². The minimum absolute atomic E-state index is 0.187. The van der Waals surface area contributed by atoms with Crippen molar-refractivity contribution in [2.45, 2.75) is 19.4 Å². The maximum absolute atomic E-state index is 12.5. The molecule has 3 heterocycles. The van der Waals surface area contributed by atoms with Crippen molar-refractivity contribution in [2.75, 3.05) is 25.1 Å². The lowest BCUT2D eigenvalue weighted by Crippen LogP contribution is -2.22. The fourth-order valence-electron chi connectivity index (χ4n) is 3.07. The Morgan fingerprint density at radius 1 is 1.21 bits per heavy atom. The molecule has 1 saturated heterocycles. The van der Waals surface area contributed by atoms with E-state index in [9.17, 15) is 4.79 Å². The Bertz CT molecular complexity index is 924. The lowest BCUT2D eigenvalue weighted by molar-refractivity contribution is 0.414. The average Bonchev–Trinajstić information content (AvgIpc) is 3.24. The van der Waals surface area contributed by atoms with Crippen LogP contribution >= 0.6 is 0 Å². The monoisotopic (exact) mass is 325 g/mol. The smallest absolute Gasteiger partial charge is 0.351 e. The summed E-state index contributed by atoms with van der Waals surface area (Å²) < 4.78 is 8.14. The Hall–Kier alpha value is -2.83. The highest BCUT2D eigenvalue weighted by Crippen LogP contribution is 2.17. The van der Waals surface area contributed by atoms with Gasteiger partial charge >= 0.3 is 5.69 Å². The molecule has 0 amide bonds. The van der Waals surface area contributed by atoms with E-state index in [1.807, 2.05) is 30.3 Å². The first-order valence-corrected chi connectivity index (χ1v) is 8.09. The van der Waals surface area contributed by atoms with Crippen molar-refractivity contribution < 1.29 is 4.74 Å². The van der Waals surface area contributed by atoms with E-state index >= 15 is 0 Å². The molecule has 1 fully saturated rings. The van der Waals surface area contributed by atoms with Gasteiger partial charge in [-0.2, -0.15) is 4.98 Å². The zero-order chi connectivity index (χ0) is 16.5. The molecule has 0 unspecified atom stereocenters. The van der Waals surface area contributed by atoms with E-state index in [-0.39, 0.29) is 5.69 Å². The second kappa shape index (κ2) is 5.99. The van der Waals surface area contributed by atoms with E-state index < -0.39 is 0 Å². The third-order valence-electron chi connectivity index (χ3n) is 4.34. The van der Waals surface area contributed by atoms with Crippen LogP contribution in [0, 0.1) is 0 Å². The van der Waals surface area contributed by atoms with Crippen LogP contribution in [0.5, 0.6) is 5.75 Å². The molecule has 4 rings (SSSR count). The number of hydrogen-bond acceptors (Lipinski definition) is 5. The van der Waals surface area contributed by atoms with E-state index in [1.54, 1.807) is 13.3 Å². The Morgan fingerprint density at radius 3 is 2.83 bits per heavy atom. The molecule has 1 aliphatic rings. The number of hydrogen-bond donors (Lipinski definition) is 0. The number of rotatable bonds is 4. The minimum atomic E-state index is -0.187. The molecule has 124 valence electrons. The predicted molar refractivity (Wildman–Crippen MR) is 90.8 cm³/mol. The predicted octanol–water partition coefficient (Wildman–Crippen LogP) is 1.55. The van der Waals surface area contributed by atoms with Crippen molar-refractivity contribution in [2.24, 2.45) is 0 Å². The standard InChI is InChI=1S/C17H19N5O2/c1-24-14-6-4-5-13(11-14)12-22-17(23)21-10-7-15(18-16(21)19-22)20-8-2-3-9-20/h4-7,10-11H,2-3,8-9,12H2,1H3. The normalized spacial score (nSPS) is 14.5. The van der Waals surface area contributed by atoms with Crippen LogP contribution in [-0.2, 0) is 6.54 Å². The number of ether oxygens (including phenoxy) is 1. The summed E-state index contributed by atoms with van der Waals surface area (Å²) in [7, 11) is 1.63. The van der Waals surface area contributed by atoms with Crippen molar-refractivity contribution >= 4 is 11.6 Å². The zero-order valence-electron chi connectivity index (χ0n) is 13.6. The van der Waals surface area contributed by atoms with E-state index in [0.29, 0.717) is 12.3 Å². The van der Waals surface area contributed by atoms with Crippen molar-refractivity contribution in [3.63, 3.8) is 0 Å². The van der Waals surface area contributed by atoms with Crippen LogP contribution in [0.15, 0.2) is 41.3 Å². The third-order valence-corrected chi connectivity index (χ3v) is 4.34. The summed E-state index contributed by atoms with van der Waals surface area (Å²) in [5, 5.41) is 4.38. The topological polar surface area (TPSA) is 64.7 Å². The highest BCUT2D eigenvalue weighted by molar-refractivity contribution is 5.44. The summed E-state index contributed by atoms with van der Waals surface area (Å²) >= 11 is 0. The Labute approximate surface area is 139 Å². The second-order valence-corrected chi connectivity index (χ2v) is 5.94. The number of aromatic nitrogens is 4. The fraction of sp³-hybridized carbons (Fsp3) is 0.353. The summed E-state index contributed by atoms with van der Waals surface area (Å²) in [6.07, 6.45) is 4.13. The third kappa shape index (κ3) is 2.62. The number of fused-ring (bicyclic) bond motifs is 1. The van der Waals surface area contributed by atoms with Gasteiger partial charge in [-0.05, 0) is 36.6 Å². The van der Waals surface area contributed by atoms with E-state index in [4.69, 9.17) is 4.74 Å². The molecular formula is C17H19N5O2. The average molecular weight is 325 g/mol. The minimum Gasteiger partial charge on any atom is -0.497 e. The van der Waals surface area contributed by atoms with Crippen molar-refractivity contribution in [1.29, 1.82) is 0 Å². The van der Waals surface area contributed by atoms with E-state index in [2.05, 4.69) is 15.0 Å². The molecule has 0 bridgehead atoms. The van der Waals surface area contributed by atoms with Gasteiger partial charge in [0.1, 0.15) is 11.6 Å². The molecular weight excluding hydrogens is 306 g/mol. The Kier molecular flexibility index (Phi) is 3.68. The van der Waals surface area contributed by atoms with Crippen LogP contribution in [0.25, 0.3) is 5.78 Å². The van der Waals surface area contributed by atoms with E-state index in [1.165, 1.54) is 21.9 Å². The molecule has 0 saturated carbocycles. The fourth-order valence-corrected chi connectivity index (χ4v) is 3.07. The molecule has 1 aliphatic heterocycles. The number of benzene rings is 1. The summed E-state index contributed by atoms with van der Waals surface area (Å²) in [4.78, 5) is 19.3.